The molecule has 11 nitrogen and oxygen atoms in total. The van der Waals surface area contributed by atoms with E-state index in [-0.39, 0.29) is 16.3 Å². The summed E-state index contributed by atoms with van der Waals surface area (Å²) in [7, 11) is -2.89. The van der Waals surface area contributed by atoms with Gasteiger partial charge in [-0.3, -0.25) is 24.2 Å². The number of benzene rings is 2. The molecule has 1 N–H and O–H groups in total. The number of ether oxygens (including phenoxy) is 1. The summed E-state index contributed by atoms with van der Waals surface area (Å²) in [6.45, 7) is 0.879. The number of nitro groups is 1. The molecule has 0 spiro atoms. The van der Waals surface area contributed by atoms with Gasteiger partial charge in [-0.15, -0.1) is 0 Å². The van der Waals surface area contributed by atoms with Crippen LogP contribution in [0.1, 0.15) is 11.1 Å². The third-order valence-electron chi connectivity index (χ3n) is 4.70. The van der Waals surface area contributed by atoms with Crippen molar-refractivity contribution in [1.29, 1.82) is 0 Å². The van der Waals surface area contributed by atoms with E-state index in [1.807, 2.05) is 0 Å². The number of carbonyl (C=O) groups excluding carboxylic acids is 1. The fourth-order valence-electron chi connectivity index (χ4n) is 2.93. The van der Waals surface area contributed by atoms with Crippen molar-refractivity contribution in [2.45, 2.75) is 11.8 Å². The Morgan fingerprint density at radius 3 is 2.59 bits per heavy atom. The molecule has 1 heterocycles. The van der Waals surface area contributed by atoms with Gasteiger partial charge >= 0.3 is 0 Å². The lowest BCUT2D eigenvalue weighted by molar-refractivity contribution is -0.385. The van der Waals surface area contributed by atoms with Crippen LogP contribution in [-0.4, -0.2) is 44.1 Å². The van der Waals surface area contributed by atoms with Gasteiger partial charge in [-0.05, 0) is 43.3 Å². The second-order valence-corrected chi connectivity index (χ2v) is 8.86. The van der Waals surface area contributed by atoms with Gasteiger partial charge in [0.1, 0.15) is 12.3 Å². The molecule has 2 aromatic carbocycles. The van der Waals surface area contributed by atoms with E-state index in [0.29, 0.717) is 16.9 Å². The van der Waals surface area contributed by atoms with Crippen molar-refractivity contribution in [2.75, 3.05) is 18.0 Å². The minimum atomic E-state index is -4.35. The Labute approximate surface area is 195 Å². The Hall–Kier alpha value is -4.32. The van der Waals surface area contributed by atoms with Crippen LogP contribution in [0.15, 0.2) is 77.0 Å². The molecule has 1 amide bonds. The molecule has 0 aliphatic carbocycles. The van der Waals surface area contributed by atoms with Crippen LogP contribution in [0.3, 0.4) is 0 Å². The molecule has 12 heteroatoms. The number of pyridine rings is 1. The van der Waals surface area contributed by atoms with Crippen molar-refractivity contribution in [3.8, 4) is 5.75 Å². The van der Waals surface area contributed by atoms with Gasteiger partial charge in [0, 0.05) is 29.6 Å². The predicted octanol–water partition coefficient (Wildman–Crippen LogP) is 2.65. The molecule has 0 aliphatic heterocycles. The zero-order valence-electron chi connectivity index (χ0n) is 18.3. The smallest absolute Gasteiger partial charge is 0.273 e. The fourth-order valence-corrected chi connectivity index (χ4v) is 4.38. The van der Waals surface area contributed by atoms with Crippen molar-refractivity contribution in [3.05, 3.63) is 88.2 Å². The predicted molar refractivity (Wildman–Crippen MR) is 125 cm³/mol. The average Bonchev–Trinajstić information content (AvgIpc) is 2.83. The van der Waals surface area contributed by atoms with Crippen molar-refractivity contribution in [2.24, 2.45) is 5.10 Å². The number of anilines is 1. The van der Waals surface area contributed by atoms with Crippen LogP contribution >= 0.6 is 0 Å². The maximum Gasteiger partial charge on any atom is 0.273 e. The monoisotopic (exact) mass is 483 g/mol. The molecule has 0 atom stereocenters. The summed E-state index contributed by atoms with van der Waals surface area (Å²) < 4.78 is 32.8. The second-order valence-electron chi connectivity index (χ2n) is 6.99. The van der Waals surface area contributed by atoms with Crippen LogP contribution in [0.5, 0.6) is 5.75 Å². The van der Waals surface area contributed by atoms with Gasteiger partial charge in [0.2, 0.25) is 0 Å². The van der Waals surface area contributed by atoms with Crippen LogP contribution < -0.4 is 14.5 Å². The zero-order valence-corrected chi connectivity index (χ0v) is 19.1. The van der Waals surface area contributed by atoms with Crippen molar-refractivity contribution >= 4 is 33.5 Å². The fraction of sp³-hybridized carbons (Fsp3) is 0.136. The van der Waals surface area contributed by atoms with Crippen LogP contribution in [-0.2, 0) is 14.8 Å². The van der Waals surface area contributed by atoms with E-state index in [1.54, 1.807) is 18.3 Å². The molecule has 0 aliphatic rings. The lowest BCUT2D eigenvalue weighted by Crippen LogP contribution is -2.39. The summed E-state index contributed by atoms with van der Waals surface area (Å²) in [5.74, 6) is -0.237. The Morgan fingerprint density at radius 2 is 1.97 bits per heavy atom. The highest BCUT2D eigenvalue weighted by molar-refractivity contribution is 7.92. The standard InChI is InChI=1S/C22H21N5O6S/c1-16-5-10-20(12-21(16)27(29)30)34(31,32)26(18-6-8-19(33-2)9-7-18)15-22(28)25-24-14-17-4-3-11-23-13-17/h3-14H,15H2,1-2H3,(H,25,28)/b24-14-. The molecule has 0 unspecified atom stereocenters. The maximum atomic E-state index is 13.4. The Balaban J connectivity index is 1.93. The zero-order chi connectivity index (χ0) is 24.7. The number of aromatic nitrogens is 1. The van der Waals surface area contributed by atoms with Gasteiger partial charge < -0.3 is 4.74 Å². The Kier molecular flexibility index (Phi) is 7.53. The third kappa shape index (κ3) is 5.72. The Bertz CT molecular complexity index is 1310. The number of sulfonamides is 1. The number of rotatable bonds is 9. The van der Waals surface area contributed by atoms with E-state index < -0.39 is 27.4 Å². The van der Waals surface area contributed by atoms with Crippen molar-refractivity contribution < 1.29 is 22.9 Å². The topological polar surface area (TPSA) is 144 Å². The quantitative estimate of drug-likeness (QED) is 0.280. The number of amides is 1. The first-order valence-corrected chi connectivity index (χ1v) is 11.3. The molecule has 0 saturated heterocycles. The number of hydrazone groups is 1. The van der Waals surface area contributed by atoms with E-state index >= 15 is 0 Å². The highest BCUT2D eigenvalue weighted by atomic mass is 32.2. The number of nitrogens with one attached hydrogen (secondary N) is 1. The van der Waals surface area contributed by atoms with E-state index in [2.05, 4.69) is 15.5 Å². The van der Waals surface area contributed by atoms with Crippen LogP contribution in [0.25, 0.3) is 0 Å². The largest absolute Gasteiger partial charge is 0.497 e. The molecule has 34 heavy (non-hydrogen) atoms. The molecule has 1 aromatic heterocycles. The van der Waals surface area contributed by atoms with E-state index in [9.17, 15) is 23.3 Å². The number of hydrogen-bond acceptors (Lipinski definition) is 8. The summed E-state index contributed by atoms with van der Waals surface area (Å²) >= 11 is 0. The van der Waals surface area contributed by atoms with Crippen LogP contribution in [0.4, 0.5) is 11.4 Å². The van der Waals surface area contributed by atoms with Gasteiger partial charge in [-0.2, -0.15) is 5.10 Å². The average molecular weight is 484 g/mol. The normalized spacial score (nSPS) is 11.2. The van der Waals surface area contributed by atoms with E-state index in [0.717, 1.165) is 10.4 Å². The first-order chi connectivity index (χ1) is 16.2. The molecule has 0 saturated carbocycles. The van der Waals surface area contributed by atoms with Crippen molar-refractivity contribution in [1.82, 2.24) is 10.4 Å². The Morgan fingerprint density at radius 1 is 1.24 bits per heavy atom. The minimum absolute atomic E-state index is 0.162. The molecule has 3 aromatic rings. The molecule has 0 bridgehead atoms. The van der Waals surface area contributed by atoms with E-state index in [4.69, 9.17) is 4.74 Å². The summed E-state index contributed by atoms with van der Waals surface area (Å²) in [4.78, 5) is 26.8. The molecular weight excluding hydrogens is 462 g/mol. The van der Waals surface area contributed by atoms with Gasteiger partial charge in [-0.1, -0.05) is 12.1 Å². The van der Waals surface area contributed by atoms with Crippen LogP contribution in [0, 0.1) is 17.0 Å². The summed E-state index contributed by atoms with van der Waals surface area (Å²) in [6.07, 6.45) is 4.48. The maximum absolute atomic E-state index is 13.4. The number of nitrogens with zero attached hydrogens (tertiary/aromatic N) is 4. The lowest BCUT2D eigenvalue weighted by Gasteiger charge is -2.24. The molecule has 3 rings (SSSR count). The van der Waals surface area contributed by atoms with Gasteiger partial charge in [-0.25, -0.2) is 13.8 Å². The van der Waals surface area contributed by atoms with Gasteiger partial charge in [0.15, 0.2) is 0 Å². The summed E-state index contributed by atoms with van der Waals surface area (Å²) in [5.41, 5.74) is 3.04. The second kappa shape index (κ2) is 10.5. The number of carbonyl (C=O) groups is 1. The molecule has 0 radical (unpaired) electrons. The van der Waals surface area contributed by atoms with Crippen molar-refractivity contribution in [3.63, 3.8) is 0 Å². The minimum Gasteiger partial charge on any atom is -0.497 e. The number of nitro benzene ring substituents is 1. The summed E-state index contributed by atoms with van der Waals surface area (Å²) in [6, 6.07) is 13.0. The SMILES string of the molecule is COc1ccc(N(CC(=O)N/N=C\c2cccnc2)S(=O)(=O)c2ccc(C)c([N+](=O)[O-])c2)cc1. The summed E-state index contributed by atoms with van der Waals surface area (Å²) in [5, 5.41) is 15.1. The van der Waals surface area contributed by atoms with Crippen LogP contribution in [0.2, 0.25) is 0 Å². The first-order valence-electron chi connectivity index (χ1n) is 9.86. The molecular formula is C22H21N5O6S. The highest BCUT2D eigenvalue weighted by Crippen LogP contribution is 2.28. The first kappa shape index (κ1) is 24.3. The number of aryl methyl sites for hydroxylation is 1. The third-order valence-corrected chi connectivity index (χ3v) is 6.47. The lowest BCUT2D eigenvalue weighted by atomic mass is 10.2. The number of hydrogen-bond donors (Lipinski definition) is 1. The molecule has 176 valence electrons. The van der Waals surface area contributed by atoms with E-state index in [1.165, 1.54) is 62.8 Å². The highest BCUT2D eigenvalue weighted by Gasteiger charge is 2.29. The van der Waals surface area contributed by atoms with Gasteiger partial charge in [0.05, 0.1) is 28.8 Å². The number of methoxy groups -OCH3 is 1. The van der Waals surface area contributed by atoms with Gasteiger partial charge in [0.25, 0.3) is 21.6 Å². The molecule has 0 fully saturated rings.